The molecule has 0 aliphatic carbocycles. The van der Waals surface area contributed by atoms with E-state index >= 15 is 0 Å². The summed E-state index contributed by atoms with van der Waals surface area (Å²) >= 11 is 1.30. The normalized spacial score (nSPS) is 11.2. The Kier molecular flexibility index (Phi) is 4.19. The molecule has 27 heavy (non-hydrogen) atoms. The van der Waals surface area contributed by atoms with Crippen molar-refractivity contribution in [3.8, 4) is 5.69 Å². The molecule has 0 fully saturated rings. The van der Waals surface area contributed by atoms with Crippen LogP contribution in [0.5, 0.6) is 0 Å². The summed E-state index contributed by atoms with van der Waals surface area (Å²) in [5.41, 5.74) is 3.03. The Hall–Kier alpha value is -3.13. The van der Waals surface area contributed by atoms with Crippen LogP contribution in [0.1, 0.15) is 28.5 Å². The fourth-order valence-electron chi connectivity index (χ4n) is 2.82. The lowest BCUT2D eigenvalue weighted by Crippen LogP contribution is -2.22. The van der Waals surface area contributed by atoms with Crippen molar-refractivity contribution in [3.63, 3.8) is 0 Å². The van der Waals surface area contributed by atoms with Crippen molar-refractivity contribution in [1.82, 2.24) is 20.0 Å². The highest BCUT2D eigenvalue weighted by molar-refractivity contribution is 7.25. The third-order valence-electron chi connectivity index (χ3n) is 4.32. The summed E-state index contributed by atoms with van der Waals surface area (Å²) in [6, 6.07) is 8.56. The van der Waals surface area contributed by atoms with Gasteiger partial charge < -0.3 is 4.74 Å². The zero-order chi connectivity index (χ0) is 19.1. The number of aryl methyl sites for hydroxylation is 2. The molecule has 3 aromatic heterocycles. The molecule has 4 rings (SSSR count). The molecule has 0 radical (unpaired) electrons. The monoisotopic (exact) mass is 380 g/mol. The molecule has 3 heterocycles. The molecule has 0 unspecified atom stereocenters. The van der Waals surface area contributed by atoms with Gasteiger partial charge in [0, 0.05) is 11.1 Å². The number of esters is 1. The number of ether oxygens (including phenoxy) is 1. The van der Waals surface area contributed by atoms with E-state index in [4.69, 9.17) is 4.74 Å². The Morgan fingerprint density at radius 1 is 1.26 bits per heavy atom. The Morgan fingerprint density at radius 3 is 2.85 bits per heavy atom. The van der Waals surface area contributed by atoms with E-state index in [1.165, 1.54) is 16.0 Å². The SMILES string of the molecule is CCOC(=O)c1cccc(-n2nnc3c(sc4nc(C)c(C)cc43)c2=O)c1. The Bertz CT molecular complexity index is 1260. The molecular formula is C19H16N4O3S. The number of carbonyl (C=O) groups is 1. The minimum absolute atomic E-state index is 0.280. The van der Waals surface area contributed by atoms with Gasteiger partial charge >= 0.3 is 5.97 Å². The first-order chi connectivity index (χ1) is 13.0. The molecule has 0 bridgehead atoms. The van der Waals surface area contributed by atoms with Gasteiger partial charge in [-0.2, -0.15) is 4.68 Å². The van der Waals surface area contributed by atoms with Crippen LogP contribution in [0, 0.1) is 13.8 Å². The molecule has 0 aliphatic rings. The summed E-state index contributed by atoms with van der Waals surface area (Å²) in [5, 5.41) is 9.16. The number of pyridine rings is 1. The van der Waals surface area contributed by atoms with Crippen molar-refractivity contribution >= 4 is 37.7 Å². The number of rotatable bonds is 3. The summed E-state index contributed by atoms with van der Waals surface area (Å²) in [4.78, 5) is 30.3. The van der Waals surface area contributed by atoms with Gasteiger partial charge in [-0.15, -0.1) is 16.4 Å². The van der Waals surface area contributed by atoms with Gasteiger partial charge in [0.1, 0.15) is 15.0 Å². The first kappa shape index (κ1) is 17.3. The average Bonchev–Trinajstić information content (AvgIpc) is 3.01. The first-order valence-electron chi connectivity index (χ1n) is 8.43. The van der Waals surface area contributed by atoms with Crippen molar-refractivity contribution in [1.29, 1.82) is 0 Å². The molecular weight excluding hydrogens is 364 g/mol. The predicted molar refractivity (Wildman–Crippen MR) is 104 cm³/mol. The van der Waals surface area contributed by atoms with Crippen LogP contribution in [-0.2, 0) is 4.74 Å². The van der Waals surface area contributed by atoms with Crippen molar-refractivity contribution in [2.24, 2.45) is 0 Å². The van der Waals surface area contributed by atoms with Crippen molar-refractivity contribution in [2.75, 3.05) is 6.61 Å². The Morgan fingerprint density at radius 2 is 2.07 bits per heavy atom. The van der Waals surface area contributed by atoms with Gasteiger partial charge in [-0.1, -0.05) is 11.3 Å². The highest BCUT2D eigenvalue weighted by atomic mass is 32.1. The molecule has 4 aromatic rings. The van der Waals surface area contributed by atoms with Crippen LogP contribution in [0.25, 0.3) is 26.1 Å². The molecule has 8 heteroatoms. The summed E-state index contributed by atoms with van der Waals surface area (Å²) in [6.45, 7) is 5.93. The van der Waals surface area contributed by atoms with Gasteiger partial charge in [0.25, 0.3) is 5.56 Å². The molecule has 0 saturated heterocycles. The number of hydrogen-bond acceptors (Lipinski definition) is 7. The van der Waals surface area contributed by atoms with Gasteiger partial charge in [-0.05, 0) is 50.6 Å². The number of benzene rings is 1. The second-order valence-electron chi connectivity index (χ2n) is 6.10. The summed E-state index contributed by atoms with van der Waals surface area (Å²) in [6.07, 6.45) is 0. The fourth-order valence-corrected chi connectivity index (χ4v) is 3.88. The van der Waals surface area contributed by atoms with Crippen LogP contribution in [0.2, 0.25) is 0 Å². The molecule has 136 valence electrons. The summed E-state index contributed by atoms with van der Waals surface area (Å²) < 4.78 is 6.69. The topological polar surface area (TPSA) is 87.0 Å². The number of hydrogen-bond donors (Lipinski definition) is 0. The minimum atomic E-state index is -0.446. The first-order valence-corrected chi connectivity index (χ1v) is 9.25. The molecule has 0 saturated carbocycles. The van der Waals surface area contributed by atoms with Crippen LogP contribution in [0.3, 0.4) is 0 Å². The second-order valence-corrected chi connectivity index (χ2v) is 7.10. The van der Waals surface area contributed by atoms with E-state index in [2.05, 4.69) is 15.3 Å². The molecule has 7 nitrogen and oxygen atoms in total. The number of nitrogens with zero attached hydrogens (tertiary/aromatic N) is 4. The summed E-state index contributed by atoms with van der Waals surface area (Å²) in [7, 11) is 0. The van der Waals surface area contributed by atoms with Gasteiger partial charge in [0.2, 0.25) is 0 Å². The maximum Gasteiger partial charge on any atom is 0.338 e. The number of carbonyl (C=O) groups excluding carboxylic acids is 1. The van der Waals surface area contributed by atoms with E-state index in [-0.39, 0.29) is 12.2 Å². The number of aromatic nitrogens is 4. The van der Waals surface area contributed by atoms with Crippen molar-refractivity contribution in [3.05, 3.63) is 57.5 Å². The zero-order valence-corrected chi connectivity index (χ0v) is 15.8. The molecule has 0 spiro atoms. The lowest BCUT2D eigenvalue weighted by Gasteiger charge is -2.06. The van der Waals surface area contributed by atoms with Crippen LogP contribution < -0.4 is 5.56 Å². The third-order valence-corrected chi connectivity index (χ3v) is 5.40. The van der Waals surface area contributed by atoms with Gasteiger partial charge in [0.15, 0.2) is 0 Å². The van der Waals surface area contributed by atoms with E-state index in [1.54, 1.807) is 31.2 Å². The van der Waals surface area contributed by atoms with Crippen LogP contribution >= 0.6 is 11.3 Å². The van der Waals surface area contributed by atoms with Crippen molar-refractivity contribution in [2.45, 2.75) is 20.8 Å². The quantitative estimate of drug-likeness (QED) is 0.507. The Balaban J connectivity index is 1.90. The van der Waals surface area contributed by atoms with E-state index in [0.29, 0.717) is 21.5 Å². The third kappa shape index (κ3) is 2.87. The Labute approximate surface area is 158 Å². The highest BCUT2D eigenvalue weighted by Gasteiger charge is 2.16. The second kappa shape index (κ2) is 6.55. The largest absolute Gasteiger partial charge is 0.462 e. The number of thiophene rings is 1. The van der Waals surface area contributed by atoms with Gasteiger partial charge in [-0.25, -0.2) is 9.78 Å². The summed E-state index contributed by atoms with van der Waals surface area (Å²) in [5.74, 6) is -0.446. The highest BCUT2D eigenvalue weighted by Crippen LogP contribution is 2.30. The van der Waals surface area contributed by atoms with E-state index in [0.717, 1.165) is 21.5 Å². The maximum absolute atomic E-state index is 13.0. The molecule has 0 aliphatic heterocycles. The molecule has 0 N–H and O–H groups in total. The molecule has 0 atom stereocenters. The molecule has 1 aromatic carbocycles. The minimum Gasteiger partial charge on any atom is -0.462 e. The van der Waals surface area contributed by atoms with Crippen LogP contribution in [0.4, 0.5) is 0 Å². The van der Waals surface area contributed by atoms with Crippen LogP contribution in [-0.4, -0.2) is 32.6 Å². The van der Waals surface area contributed by atoms with Gasteiger partial charge in [0.05, 0.1) is 17.9 Å². The van der Waals surface area contributed by atoms with E-state index < -0.39 is 5.97 Å². The standard InChI is InChI=1S/C19H16N4O3S/c1-4-26-19(25)12-6-5-7-13(9-12)23-18(24)16-15(21-22-23)14-8-10(2)11(3)20-17(14)27-16/h5-9H,4H2,1-3H3. The fraction of sp³-hybridized carbons (Fsp3) is 0.211. The maximum atomic E-state index is 13.0. The zero-order valence-electron chi connectivity index (χ0n) is 15.0. The lowest BCUT2D eigenvalue weighted by molar-refractivity contribution is 0.0526. The predicted octanol–water partition coefficient (Wildman–Crippen LogP) is 3.18. The lowest BCUT2D eigenvalue weighted by atomic mass is 10.2. The van der Waals surface area contributed by atoms with Crippen LogP contribution in [0.15, 0.2) is 35.1 Å². The molecule has 0 amide bonds. The average molecular weight is 380 g/mol. The van der Waals surface area contributed by atoms with E-state index in [1.807, 2.05) is 19.9 Å². The van der Waals surface area contributed by atoms with Gasteiger partial charge in [-0.3, -0.25) is 4.79 Å². The smallest absolute Gasteiger partial charge is 0.338 e. The van der Waals surface area contributed by atoms with Crippen molar-refractivity contribution < 1.29 is 9.53 Å². The number of fused-ring (bicyclic) bond motifs is 3. The van der Waals surface area contributed by atoms with E-state index in [9.17, 15) is 9.59 Å².